The van der Waals surface area contributed by atoms with E-state index in [4.69, 9.17) is 5.11 Å². The maximum Gasteiger partial charge on any atom is 0.335 e. The number of aryl methyl sites for hydroxylation is 2. The number of rotatable bonds is 7. The highest BCUT2D eigenvalue weighted by Gasteiger charge is 2.33. The van der Waals surface area contributed by atoms with Crippen LogP contribution in [0.2, 0.25) is 0 Å². The number of carbonyl (C=O) groups excluding carboxylic acids is 1. The number of nitrogens with one attached hydrogen (secondary N) is 1. The van der Waals surface area contributed by atoms with Gasteiger partial charge in [0.05, 0.1) is 11.6 Å². The smallest absolute Gasteiger partial charge is 0.335 e. The Hall–Kier alpha value is -2.62. The van der Waals surface area contributed by atoms with Crippen LogP contribution in [0.4, 0.5) is 0 Å². The second kappa shape index (κ2) is 7.51. The van der Waals surface area contributed by atoms with Gasteiger partial charge in [0.2, 0.25) is 5.91 Å². The summed E-state index contributed by atoms with van der Waals surface area (Å²) in [4.78, 5) is 23.3. The molecule has 0 saturated heterocycles. The SMILES string of the molecule is Cc1ccccc1C(NC(=O)CCc1ccc(C(=O)O)cc1)C1CC1. The van der Waals surface area contributed by atoms with Gasteiger partial charge >= 0.3 is 5.97 Å². The molecule has 1 unspecified atom stereocenters. The summed E-state index contributed by atoms with van der Waals surface area (Å²) in [5.74, 6) is -0.350. The molecule has 25 heavy (non-hydrogen) atoms. The zero-order valence-electron chi connectivity index (χ0n) is 14.4. The van der Waals surface area contributed by atoms with Crippen LogP contribution in [0.15, 0.2) is 48.5 Å². The first-order chi connectivity index (χ1) is 12.0. The Morgan fingerprint density at radius 3 is 2.40 bits per heavy atom. The minimum absolute atomic E-state index is 0.0439. The molecule has 2 N–H and O–H groups in total. The molecule has 0 bridgehead atoms. The van der Waals surface area contributed by atoms with Gasteiger partial charge in [-0.25, -0.2) is 4.79 Å². The molecule has 3 rings (SSSR count). The molecule has 0 spiro atoms. The number of carboxylic acid groups (broad SMARTS) is 1. The second-order valence-corrected chi connectivity index (χ2v) is 6.74. The van der Waals surface area contributed by atoms with E-state index < -0.39 is 5.97 Å². The van der Waals surface area contributed by atoms with E-state index in [-0.39, 0.29) is 17.5 Å². The molecule has 0 heterocycles. The summed E-state index contributed by atoms with van der Waals surface area (Å²) in [5, 5.41) is 12.1. The Bertz CT molecular complexity index is 763. The number of carbonyl (C=O) groups is 2. The Labute approximate surface area is 147 Å². The van der Waals surface area contributed by atoms with Gasteiger partial charge in [0.15, 0.2) is 0 Å². The van der Waals surface area contributed by atoms with E-state index in [1.165, 1.54) is 11.1 Å². The predicted octanol–water partition coefficient (Wildman–Crippen LogP) is 3.89. The minimum atomic E-state index is -0.935. The minimum Gasteiger partial charge on any atom is -0.478 e. The van der Waals surface area contributed by atoms with Crippen molar-refractivity contribution in [2.24, 2.45) is 5.92 Å². The van der Waals surface area contributed by atoms with Crippen molar-refractivity contribution in [1.82, 2.24) is 5.32 Å². The Balaban J connectivity index is 1.59. The van der Waals surface area contributed by atoms with Gasteiger partial charge in [0.25, 0.3) is 0 Å². The van der Waals surface area contributed by atoms with Crippen molar-refractivity contribution in [1.29, 1.82) is 0 Å². The molecule has 1 atom stereocenters. The van der Waals surface area contributed by atoms with Gasteiger partial charge in [-0.05, 0) is 60.9 Å². The number of hydrogen-bond acceptors (Lipinski definition) is 2. The van der Waals surface area contributed by atoms with Crippen LogP contribution in [0.5, 0.6) is 0 Å². The fourth-order valence-corrected chi connectivity index (χ4v) is 3.13. The fraction of sp³-hybridized carbons (Fsp3) is 0.333. The van der Waals surface area contributed by atoms with Crippen molar-refractivity contribution in [3.63, 3.8) is 0 Å². The van der Waals surface area contributed by atoms with Crippen LogP contribution in [-0.4, -0.2) is 17.0 Å². The zero-order chi connectivity index (χ0) is 17.8. The van der Waals surface area contributed by atoms with Crippen molar-refractivity contribution in [2.75, 3.05) is 0 Å². The molecule has 2 aromatic carbocycles. The van der Waals surface area contributed by atoms with Crippen molar-refractivity contribution in [3.8, 4) is 0 Å². The van der Waals surface area contributed by atoms with E-state index in [2.05, 4.69) is 24.4 Å². The van der Waals surface area contributed by atoms with Gasteiger partial charge in [0.1, 0.15) is 0 Å². The monoisotopic (exact) mass is 337 g/mol. The molecular weight excluding hydrogens is 314 g/mol. The summed E-state index contributed by atoms with van der Waals surface area (Å²) < 4.78 is 0. The zero-order valence-corrected chi connectivity index (χ0v) is 14.4. The maximum absolute atomic E-state index is 12.4. The van der Waals surface area contributed by atoms with Crippen LogP contribution in [0.25, 0.3) is 0 Å². The molecule has 4 nitrogen and oxygen atoms in total. The molecule has 0 aliphatic heterocycles. The summed E-state index contributed by atoms with van der Waals surface area (Å²) in [6, 6.07) is 15.0. The molecule has 1 saturated carbocycles. The molecule has 1 amide bonds. The van der Waals surface area contributed by atoms with Crippen molar-refractivity contribution < 1.29 is 14.7 Å². The molecule has 130 valence electrons. The predicted molar refractivity (Wildman–Crippen MR) is 96.5 cm³/mol. The lowest BCUT2D eigenvalue weighted by atomic mass is 9.97. The first-order valence-corrected chi connectivity index (χ1v) is 8.71. The van der Waals surface area contributed by atoms with Crippen LogP contribution >= 0.6 is 0 Å². The standard InChI is InChI=1S/C21H23NO3/c1-14-4-2-3-5-18(14)20(16-11-12-16)22-19(23)13-8-15-6-9-17(10-7-15)21(24)25/h2-7,9-10,16,20H,8,11-13H2,1H3,(H,22,23)(H,24,25). The lowest BCUT2D eigenvalue weighted by Crippen LogP contribution is -2.30. The topological polar surface area (TPSA) is 66.4 Å². The van der Waals surface area contributed by atoms with E-state index >= 15 is 0 Å². The number of aromatic carboxylic acids is 1. The van der Waals surface area contributed by atoms with Gasteiger partial charge in [-0.2, -0.15) is 0 Å². The molecule has 4 heteroatoms. The van der Waals surface area contributed by atoms with Crippen LogP contribution in [0.1, 0.15) is 52.4 Å². The van der Waals surface area contributed by atoms with E-state index in [0.29, 0.717) is 18.8 Å². The van der Waals surface area contributed by atoms with Gasteiger partial charge in [-0.15, -0.1) is 0 Å². The highest BCUT2D eigenvalue weighted by atomic mass is 16.4. The van der Waals surface area contributed by atoms with Crippen LogP contribution in [-0.2, 0) is 11.2 Å². The van der Waals surface area contributed by atoms with Gasteiger partial charge in [-0.3, -0.25) is 4.79 Å². The molecule has 0 aromatic heterocycles. The normalized spacial score (nSPS) is 14.8. The van der Waals surface area contributed by atoms with Crippen LogP contribution in [0.3, 0.4) is 0 Å². The molecule has 1 fully saturated rings. The van der Waals surface area contributed by atoms with Gasteiger partial charge < -0.3 is 10.4 Å². The van der Waals surface area contributed by atoms with Gasteiger partial charge in [0, 0.05) is 6.42 Å². The van der Waals surface area contributed by atoms with Crippen molar-refractivity contribution in [2.45, 2.75) is 38.6 Å². The molecule has 1 aliphatic rings. The fourth-order valence-electron chi connectivity index (χ4n) is 3.13. The van der Waals surface area contributed by atoms with E-state index in [9.17, 15) is 9.59 Å². The second-order valence-electron chi connectivity index (χ2n) is 6.74. The first kappa shape index (κ1) is 17.2. The summed E-state index contributed by atoms with van der Waals surface area (Å²) in [6.07, 6.45) is 3.34. The molecule has 2 aromatic rings. The number of hydrogen-bond donors (Lipinski definition) is 2. The lowest BCUT2D eigenvalue weighted by Gasteiger charge is -2.21. The Kier molecular flexibility index (Phi) is 5.17. The average Bonchev–Trinajstić information content (AvgIpc) is 3.44. The number of amides is 1. The first-order valence-electron chi connectivity index (χ1n) is 8.71. The summed E-state index contributed by atoms with van der Waals surface area (Å²) in [5.41, 5.74) is 3.66. The lowest BCUT2D eigenvalue weighted by molar-refractivity contribution is -0.122. The highest BCUT2D eigenvalue weighted by molar-refractivity contribution is 5.87. The molecule has 0 radical (unpaired) electrons. The Morgan fingerprint density at radius 1 is 1.12 bits per heavy atom. The number of benzene rings is 2. The van der Waals surface area contributed by atoms with E-state index in [1.807, 2.05) is 12.1 Å². The third-order valence-electron chi connectivity index (χ3n) is 4.78. The van der Waals surface area contributed by atoms with Crippen molar-refractivity contribution in [3.05, 3.63) is 70.8 Å². The number of carboxylic acids is 1. The summed E-state index contributed by atoms with van der Waals surface area (Å²) >= 11 is 0. The summed E-state index contributed by atoms with van der Waals surface area (Å²) in [6.45, 7) is 2.08. The van der Waals surface area contributed by atoms with E-state index in [1.54, 1.807) is 24.3 Å². The third-order valence-corrected chi connectivity index (χ3v) is 4.78. The molecular formula is C21H23NO3. The maximum atomic E-state index is 12.4. The quantitative estimate of drug-likeness (QED) is 0.805. The van der Waals surface area contributed by atoms with Gasteiger partial charge in [-0.1, -0.05) is 36.4 Å². The third kappa shape index (κ3) is 4.47. The van der Waals surface area contributed by atoms with Crippen molar-refractivity contribution >= 4 is 11.9 Å². The summed E-state index contributed by atoms with van der Waals surface area (Å²) in [7, 11) is 0. The highest BCUT2D eigenvalue weighted by Crippen LogP contribution is 2.41. The molecule has 1 aliphatic carbocycles. The Morgan fingerprint density at radius 2 is 1.80 bits per heavy atom. The van der Waals surface area contributed by atoms with Crippen LogP contribution in [0, 0.1) is 12.8 Å². The van der Waals surface area contributed by atoms with Crippen LogP contribution < -0.4 is 5.32 Å². The average molecular weight is 337 g/mol. The van der Waals surface area contributed by atoms with E-state index in [0.717, 1.165) is 18.4 Å². The largest absolute Gasteiger partial charge is 0.478 e.